The van der Waals surface area contributed by atoms with Gasteiger partial charge in [0.05, 0.1) is 6.10 Å². The summed E-state index contributed by atoms with van der Waals surface area (Å²) in [6.45, 7) is 1.96. The number of hydrogen-bond donors (Lipinski definition) is 2. The van der Waals surface area contributed by atoms with E-state index in [1.54, 1.807) is 0 Å². The Bertz CT molecular complexity index is 228. The molecule has 1 aromatic rings. The third-order valence-corrected chi connectivity index (χ3v) is 2.07. The first-order valence-corrected chi connectivity index (χ1v) is 4.16. The molecule has 0 aliphatic carbocycles. The van der Waals surface area contributed by atoms with Crippen molar-refractivity contribution in [2.45, 2.75) is 19.1 Å². The molecule has 1 aromatic carbocycles. The van der Waals surface area contributed by atoms with Gasteiger partial charge < -0.3 is 10.4 Å². The number of nitrogens with one attached hydrogen (secondary N) is 1. The Kier molecular flexibility index (Phi) is 7.47. The van der Waals surface area contributed by atoms with Crippen molar-refractivity contribution in [3.05, 3.63) is 35.9 Å². The minimum Gasteiger partial charge on any atom is -0.387 e. The Morgan fingerprint density at radius 1 is 1.23 bits per heavy atom. The molecule has 0 spiro atoms. The Hall–Kier alpha value is 0.724. The van der Waals surface area contributed by atoms with Crippen molar-refractivity contribution < 1.29 is 54.5 Å². The second kappa shape index (κ2) is 7.07. The van der Waals surface area contributed by atoms with Gasteiger partial charge in [0.1, 0.15) is 0 Å². The molecule has 2 nitrogen and oxygen atoms in total. The summed E-state index contributed by atoms with van der Waals surface area (Å²) in [7, 11) is 1.84. The summed E-state index contributed by atoms with van der Waals surface area (Å²) in [6, 6.07) is 9.76. The Balaban J connectivity index is 0.00000144. The van der Waals surface area contributed by atoms with Gasteiger partial charge in [-0.2, -0.15) is 0 Å². The van der Waals surface area contributed by atoms with Crippen LogP contribution in [0, 0.1) is 49.4 Å². The number of aliphatic hydroxyl groups is 1. The predicted molar refractivity (Wildman–Crippen MR) is 49.9 cm³/mol. The number of benzene rings is 1. The van der Waals surface area contributed by atoms with Gasteiger partial charge in [-0.1, -0.05) is 30.3 Å². The number of aliphatic hydroxyl groups excluding tert-OH is 1. The predicted octanol–water partition coefficient (Wildman–Crippen LogP) is 1.33. The molecule has 0 aliphatic heterocycles. The van der Waals surface area contributed by atoms with Crippen molar-refractivity contribution >= 4 is 0 Å². The second-order valence-electron chi connectivity index (χ2n) is 2.93. The van der Waals surface area contributed by atoms with Crippen molar-refractivity contribution in [1.29, 1.82) is 0 Å². The molecule has 73 valence electrons. The topological polar surface area (TPSA) is 32.3 Å². The van der Waals surface area contributed by atoms with Crippen LogP contribution in [0.25, 0.3) is 0 Å². The minimum atomic E-state index is -0.420. The van der Waals surface area contributed by atoms with Gasteiger partial charge in [0.2, 0.25) is 0 Å². The zero-order valence-corrected chi connectivity index (χ0v) is 10.3. The van der Waals surface area contributed by atoms with E-state index in [9.17, 15) is 5.11 Å². The van der Waals surface area contributed by atoms with Crippen molar-refractivity contribution in [2.75, 3.05) is 7.05 Å². The smallest absolute Gasteiger partial charge is 0.0940 e. The average Bonchev–Trinajstić information content (AvgIpc) is 2.17. The molecule has 0 bridgehead atoms. The first-order chi connectivity index (χ1) is 5.75. The molecule has 0 fully saturated rings. The summed E-state index contributed by atoms with van der Waals surface area (Å²) in [5.74, 6) is 0. The van der Waals surface area contributed by atoms with Gasteiger partial charge >= 0.3 is 0 Å². The van der Waals surface area contributed by atoms with Crippen LogP contribution in [-0.4, -0.2) is 18.2 Å². The molecule has 1 radical (unpaired) electrons. The third kappa shape index (κ3) is 4.17. The quantitative estimate of drug-likeness (QED) is 0.881. The Labute approximate surface area is 120 Å². The third-order valence-electron chi connectivity index (χ3n) is 2.07. The molecule has 0 aliphatic rings. The first-order valence-electron chi connectivity index (χ1n) is 4.16. The van der Waals surface area contributed by atoms with Crippen molar-refractivity contribution in [2.24, 2.45) is 0 Å². The first kappa shape index (κ1) is 13.7. The van der Waals surface area contributed by atoms with Crippen molar-refractivity contribution in [1.82, 2.24) is 5.32 Å². The Morgan fingerprint density at radius 2 is 1.77 bits per heavy atom. The van der Waals surface area contributed by atoms with Crippen LogP contribution < -0.4 is 5.32 Å². The molecule has 3 heteroatoms. The fourth-order valence-electron chi connectivity index (χ4n) is 1.10. The molecular formula is C10H15EuNO. The van der Waals surface area contributed by atoms with Gasteiger partial charge in [-0.15, -0.1) is 0 Å². The van der Waals surface area contributed by atoms with Crippen LogP contribution in [0.4, 0.5) is 0 Å². The van der Waals surface area contributed by atoms with E-state index in [1.165, 1.54) is 0 Å². The summed E-state index contributed by atoms with van der Waals surface area (Å²) in [4.78, 5) is 0. The van der Waals surface area contributed by atoms with Crippen LogP contribution >= 0.6 is 0 Å². The number of rotatable bonds is 3. The van der Waals surface area contributed by atoms with Crippen LogP contribution in [0.3, 0.4) is 0 Å². The van der Waals surface area contributed by atoms with Gasteiger partial charge in [0, 0.05) is 55.4 Å². The molecule has 0 saturated carbocycles. The molecule has 0 amide bonds. The molecule has 0 unspecified atom stereocenters. The largest absolute Gasteiger partial charge is 0.387 e. The molecule has 0 aromatic heterocycles. The molecule has 2 N–H and O–H groups in total. The monoisotopic (exact) mass is 318 g/mol. The molecule has 0 saturated heterocycles. The van der Waals surface area contributed by atoms with E-state index in [0.717, 1.165) is 5.56 Å². The Morgan fingerprint density at radius 3 is 2.23 bits per heavy atom. The SMILES string of the molecule is CN[C@@H](C)[C@H](O)c1ccccc1.[Eu]. The van der Waals surface area contributed by atoms with E-state index in [0.29, 0.717) is 0 Å². The average molecular weight is 317 g/mol. The van der Waals surface area contributed by atoms with E-state index in [-0.39, 0.29) is 55.4 Å². The van der Waals surface area contributed by atoms with Crippen LogP contribution in [0.2, 0.25) is 0 Å². The van der Waals surface area contributed by atoms with Gasteiger partial charge in [-0.25, -0.2) is 0 Å². The maximum Gasteiger partial charge on any atom is 0.0940 e. The fraction of sp³-hybridized carbons (Fsp3) is 0.400. The van der Waals surface area contributed by atoms with Crippen LogP contribution in [0.5, 0.6) is 0 Å². The van der Waals surface area contributed by atoms with E-state index in [2.05, 4.69) is 5.32 Å². The van der Waals surface area contributed by atoms with Gasteiger partial charge in [-0.05, 0) is 19.5 Å². The number of hydrogen-bond acceptors (Lipinski definition) is 2. The van der Waals surface area contributed by atoms with Crippen LogP contribution in [0.1, 0.15) is 18.6 Å². The summed E-state index contributed by atoms with van der Waals surface area (Å²) in [5.41, 5.74) is 0.958. The molecule has 1 rings (SSSR count). The van der Waals surface area contributed by atoms with Crippen molar-refractivity contribution in [3.63, 3.8) is 0 Å². The van der Waals surface area contributed by atoms with Crippen LogP contribution in [0.15, 0.2) is 30.3 Å². The zero-order valence-electron chi connectivity index (χ0n) is 7.87. The van der Waals surface area contributed by atoms with E-state index < -0.39 is 6.10 Å². The van der Waals surface area contributed by atoms with Crippen molar-refractivity contribution in [3.8, 4) is 0 Å². The van der Waals surface area contributed by atoms with E-state index in [1.807, 2.05) is 44.3 Å². The van der Waals surface area contributed by atoms with Gasteiger partial charge in [0.25, 0.3) is 0 Å². The summed E-state index contributed by atoms with van der Waals surface area (Å²) < 4.78 is 0. The summed E-state index contributed by atoms with van der Waals surface area (Å²) >= 11 is 0. The normalized spacial score (nSPS) is 14.4. The van der Waals surface area contributed by atoms with Gasteiger partial charge in [-0.3, -0.25) is 0 Å². The molecular weight excluding hydrogens is 302 g/mol. The summed E-state index contributed by atoms with van der Waals surface area (Å²) in [6.07, 6.45) is -0.420. The molecule has 13 heavy (non-hydrogen) atoms. The van der Waals surface area contributed by atoms with E-state index >= 15 is 0 Å². The van der Waals surface area contributed by atoms with Crippen LogP contribution in [-0.2, 0) is 0 Å². The minimum absolute atomic E-state index is 0. The summed E-state index contributed by atoms with van der Waals surface area (Å²) in [5, 5.41) is 12.7. The zero-order chi connectivity index (χ0) is 8.97. The fourth-order valence-corrected chi connectivity index (χ4v) is 1.10. The number of likely N-dealkylation sites (N-methyl/N-ethyl adjacent to an activating group) is 1. The van der Waals surface area contributed by atoms with Gasteiger partial charge in [0.15, 0.2) is 0 Å². The maximum absolute atomic E-state index is 9.73. The van der Waals surface area contributed by atoms with E-state index in [4.69, 9.17) is 0 Å². The maximum atomic E-state index is 9.73. The molecule has 2 atom stereocenters. The molecule has 0 heterocycles. The second-order valence-corrected chi connectivity index (χ2v) is 2.93. The standard InChI is InChI=1S/C10H15NO.Eu/c1-8(11-2)10(12)9-6-4-3-5-7-9;/h3-8,10-12H,1-2H3;/t8-,10-;/m0./s1.